The van der Waals surface area contributed by atoms with E-state index in [1.54, 1.807) is 25.4 Å². The zero-order valence-corrected chi connectivity index (χ0v) is 25.7. The molecule has 3 heterocycles. The quantitative estimate of drug-likeness (QED) is 0.179. The van der Waals surface area contributed by atoms with E-state index in [0.717, 1.165) is 10.8 Å². The lowest BCUT2D eigenvalue weighted by molar-refractivity contribution is -0.145. The summed E-state index contributed by atoms with van der Waals surface area (Å²) < 4.78 is 59.8. The lowest BCUT2D eigenvalue weighted by atomic mass is 10.1. The number of aryl methyl sites for hydroxylation is 1. The largest absolute Gasteiger partial charge is 0.453 e. The number of carbonyl (C=O) groups is 2. The molecule has 1 aliphatic heterocycles. The summed E-state index contributed by atoms with van der Waals surface area (Å²) in [6.45, 7) is 1.35. The van der Waals surface area contributed by atoms with Crippen molar-refractivity contribution in [1.29, 1.82) is 0 Å². The summed E-state index contributed by atoms with van der Waals surface area (Å²) in [6.07, 6.45) is -2.47. The number of nitrogens with zero attached hydrogens (tertiary/aromatic N) is 6. The SMILES string of the molecule is C.CN(C(=O)CCc1cccc(F)c1Cl)[C@@H](CCCN1CCn2nc(C(F)(F)F)nc2C1)COC(=O)Nc1cc2ccccc2cn1. The molecule has 2 aromatic carbocycles. The summed E-state index contributed by atoms with van der Waals surface area (Å²) in [6, 6.07) is 13.2. The first kappa shape index (κ1) is 35.6. The Bertz CT molecular complexity index is 1700. The van der Waals surface area contributed by atoms with Crippen molar-refractivity contribution in [2.45, 2.75) is 58.4 Å². The number of rotatable bonds is 11. The maximum Gasteiger partial charge on any atom is 0.453 e. The first-order chi connectivity index (χ1) is 22.0. The molecule has 0 aliphatic carbocycles. The number of carbonyl (C=O) groups excluding carboxylic acids is 2. The highest BCUT2D eigenvalue weighted by Gasteiger charge is 2.38. The van der Waals surface area contributed by atoms with Crippen LogP contribution in [0.25, 0.3) is 10.8 Å². The average molecular weight is 678 g/mol. The van der Waals surface area contributed by atoms with Crippen molar-refractivity contribution in [3.8, 4) is 0 Å². The third kappa shape index (κ3) is 9.16. The van der Waals surface area contributed by atoms with Gasteiger partial charge >= 0.3 is 12.3 Å². The fourth-order valence-electron chi connectivity index (χ4n) is 5.26. The molecule has 47 heavy (non-hydrogen) atoms. The van der Waals surface area contributed by atoms with Crippen molar-refractivity contribution in [2.75, 3.05) is 32.1 Å². The van der Waals surface area contributed by atoms with Crippen LogP contribution >= 0.6 is 11.6 Å². The topological polar surface area (TPSA) is 105 Å². The monoisotopic (exact) mass is 677 g/mol. The van der Waals surface area contributed by atoms with E-state index in [0.29, 0.717) is 37.3 Å². The number of amides is 2. The van der Waals surface area contributed by atoms with Gasteiger partial charge in [-0.25, -0.2) is 23.8 Å². The molecule has 1 N–H and O–H groups in total. The molecular formula is C32H36ClF4N7O3. The van der Waals surface area contributed by atoms with Gasteiger partial charge in [0, 0.05) is 31.6 Å². The van der Waals surface area contributed by atoms with Gasteiger partial charge in [0.2, 0.25) is 5.91 Å². The molecule has 5 rings (SSSR count). The van der Waals surface area contributed by atoms with Crippen molar-refractivity contribution in [2.24, 2.45) is 0 Å². The molecule has 2 amide bonds. The fraction of sp³-hybridized carbons (Fsp3) is 0.406. The Morgan fingerprint density at radius 3 is 2.66 bits per heavy atom. The van der Waals surface area contributed by atoms with Crippen molar-refractivity contribution >= 4 is 40.2 Å². The maximum absolute atomic E-state index is 13.9. The van der Waals surface area contributed by atoms with Crippen molar-refractivity contribution in [1.82, 2.24) is 29.5 Å². The number of likely N-dealkylation sites (N-methyl/N-ethyl adjacent to an activating group) is 1. The van der Waals surface area contributed by atoms with Gasteiger partial charge in [-0.3, -0.25) is 15.0 Å². The summed E-state index contributed by atoms with van der Waals surface area (Å²) in [4.78, 5) is 37.3. The van der Waals surface area contributed by atoms with E-state index in [9.17, 15) is 27.2 Å². The highest BCUT2D eigenvalue weighted by molar-refractivity contribution is 6.31. The smallest absolute Gasteiger partial charge is 0.447 e. The van der Waals surface area contributed by atoms with Gasteiger partial charge < -0.3 is 9.64 Å². The second kappa shape index (κ2) is 15.5. The third-order valence-electron chi connectivity index (χ3n) is 7.86. The molecule has 2 aromatic heterocycles. The van der Waals surface area contributed by atoms with Crippen molar-refractivity contribution < 1.29 is 31.9 Å². The lowest BCUT2D eigenvalue weighted by Crippen LogP contribution is -2.42. The predicted octanol–water partition coefficient (Wildman–Crippen LogP) is 6.58. The second-order valence-corrected chi connectivity index (χ2v) is 11.4. The Balaban J connectivity index is 0.00000500. The Morgan fingerprint density at radius 1 is 1.13 bits per heavy atom. The Morgan fingerprint density at radius 2 is 1.89 bits per heavy atom. The predicted molar refractivity (Wildman–Crippen MR) is 169 cm³/mol. The molecule has 0 saturated heterocycles. The van der Waals surface area contributed by atoms with Gasteiger partial charge in [-0.05, 0) is 48.9 Å². The van der Waals surface area contributed by atoms with Gasteiger partial charge in [-0.1, -0.05) is 55.4 Å². The zero-order valence-electron chi connectivity index (χ0n) is 24.9. The van der Waals surface area contributed by atoms with E-state index in [4.69, 9.17) is 16.3 Å². The lowest BCUT2D eigenvalue weighted by Gasteiger charge is -2.30. The van der Waals surface area contributed by atoms with Crippen LogP contribution in [-0.4, -0.2) is 74.3 Å². The van der Waals surface area contributed by atoms with Crippen LogP contribution in [0.15, 0.2) is 54.7 Å². The molecule has 10 nitrogen and oxygen atoms in total. The fourth-order valence-corrected chi connectivity index (χ4v) is 5.48. The van der Waals surface area contributed by atoms with Crippen LogP contribution in [-0.2, 0) is 35.2 Å². The number of hydrogen-bond acceptors (Lipinski definition) is 7. The van der Waals surface area contributed by atoms with Gasteiger partial charge in [0.25, 0.3) is 5.82 Å². The van der Waals surface area contributed by atoms with Crippen molar-refractivity contribution in [3.63, 3.8) is 0 Å². The number of pyridine rings is 1. The molecule has 0 unspecified atom stereocenters. The summed E-state index contributed by atoms with van der Waals surface area (Å²) >= 11 is 6.06. The minimum atomic E-state index is -4.61. The van der Waals surface area contributed by atoms with E-state index >= 15 is 0 Å². The minimum Gasteiger partial charge on any atom is -0.447 e. The van der Waals surface area contributed by atoms with E-state index in [2.05, 4.69) is 20.4 Å². The zero-order chi connectivity index (χ0) is 32.8. The maximum atomic E-state index is 13.9. The van der Waals surface area contributed by atoms with Gasteiger partial charge in [-0.2, -0.15) is 13.2 Å². The van der Waals surface area contributed by atoms with Gasteiger partial charge in [0.05, 0.1) is 24.2 Å². The standard InChI is InChI=1S/C31H32ClF4N7O3.CH4/c1-41(27(44)12-11-20-8-4-10-24(33)28(20)32)23(19-46-30(45)38-25-16-21-6-2-3-7-22(21)17-37-25)9-5-13-42-14-15-43-26(18-42)39-29(40-43)31(34,35)36;/h2-4,6-8,10,16-17,23H,5,9,11-15,18-19H2,1H3,(H,37,38,45);1H4/t23-;/m0./s1. The van der Waals surface area contributed by atoms with E-state index < -0.39 is 30.0 Å². The number of ether oxygens (including phenoxy) is 1. The van der Waals surface area contributed by atoms with Crippen LogP contribution < -0.4 is 5.32 Å². The third-order valence-corrected chi connectivity index (χ3v) is 8.28. The number of hydrogen-bond donors (Lipinski definition) is 1. The highest BCUT2D eigenvalue weighted by atomic mass is 35.5. The Kier molecular flexibility index (Phi) is 11.7. The molecule has 0 saturated carbocycles. The minimum absolute atomic E-state index is 0. The van der Waals surface area contributed by atoms with Crippen LogP contribution in [0.5, 0.6) is 0 Å². The number of anilines is 1. The molecule has 0 spiro atoms. The number of nitrogens with one attached hydrogen (secondary N) is 1. The molecule has 4 aromatic rings. The van der Waals surface area contributed by atoms with Crippen LogP contribution in [0, 0.1) is 5.82 Å². The van der Waals surface area contributed by atoms with E-state index in [-0.39, 0.29) is 56.7 Å². The summed E-state index contributed by atoms with van der Waals surface area (Å²) in [5, 5.41) is 7.95. The van der Waals surface area contributed by atoms with Gasteiger partial charge in [0.1, 0.15) is 24.1 Å². The van der Waals surface area contributed by atoms with Crippen molar-refractivity contribution in [3.05, 3.63) is 82.8 Å². The molecule has 0 radical (unpaired) electrons. The average Bonchev–Trinajstić information content (AvgIpc) is 3.47. The molecule has 0 bridgehead atoms. The van der Waals surface area contributed by atoms with E-state index in [1.807, 2.05) is 29.2 Å². The van der Waals surface area contributed by atoms with Crippen LogP contribution in [0.3, 0.4) is 0 Å². The molecule has 252 valence electrons. The molecule has 1 aliphatic rings. The molecule has 0 fully saturated rings. The number of fused-ring (bicyclic) bond motifs is 2. The molecule has 1 atom stereocenters. The second-order valence-electron chi connectivity index (χ2n) is 11.0. The van der Waals surface area contributed by atoms with Crippen LogP contribution in [0.2, 0.25) is 5.02 Å². The number of alkyl halides is 3. The molecule has 15 heteroatoms. The summed E-state index contributed by atoms with van der Waals surface area (Å²) in [5.41, 5.74) is 0.505. The van der Waals surface area contributed by atoms with Crippen LogP contribution in [0.1, 0.15) is 43.9 Å². The summed E-state index contributed by atoms with van der Waals surface area (Å²) in [5.74, 6) is -1.43. The Labute approximate surface area is 274 Å². The van der Waals surface area contributed by atoms with Gasteiger partial charge in [0.15, 0.2) is 0 Å². The summed E-state index contributed by atoms with van der Waals surface area (Å²) in [7, 11) is 1.61. The Hall–Kier alpha value is -4.30. The number of halogens is 5. The van der Waals surface area contributed by atoms with E-state index in [1.165, 1.54) is 21.7 Å². The normalized spacial score (nSPS) is 13.8. The number of benzene rings is 2. The first-order valence-electron chi connectivity index (χ1n) is 14.7. The number of aromatic nitrogens is 4. The van der Waals surface area contributed by atoms with Gasteiger partial charge in [-0.15, -0.1) is 5.10 Å². The first-order valence-corrected chi connectivity index (χ1v) is 15.1. The highest BCUT2D eigenvalue weighted by Crippen LogP contribution is 2.27. The van der Waals surface area contributed by atoms with Crippen LogP contribution in [0.4, 0.5) is 28.2 Å². The molecular weight excluding hydrogens is 642 g/mol.